The minimum Gasteiger partial charge on any atom is -0.370 e. The summed E-state index contributed by atoms with van der Waals surface area (Å²) in [5.74, 6) is 0.969. The molecule has 2 aliphatic heterocycles. The first-order valence-corrected chi connectivity index (χ1v) is 3.28. The van der Waals surface area contributed by atoms with E-state index in [0.29, 0.717) is 0 Å². The van der Waals surface area contributed by atoms with E-state index < -0.39 is 0 Å². The van der Waals surface area contributed by atoms with Gasteiger partial charge in [-0.1, -0.05) is 6.08 Å². The van der Waals surface area contributed by atoms with E-state index in [-0.39, 0.29) is 0 Å². The summed E-state index contributed by atoms with van der Waals surface area (Å²) in [4.78, 5) is 2.29. The summed E-state index contributed by atoms with van der Waals surface area (Å²) in [7, 11) is 0. The second-order valence-corrected chi connectivity index (χ2v) is 2.67. The summed E-state index contributed by atoms with van der Waals surface area (Å²) >= 11 is 0. The van der Waals surface area contributed by atoms with Gasteiger partial charge in [0, 0.05) is 13.1 Å². The topological polar surface area (TPSA) is 3.24 Å². The third kappa shape index (κ3) is 0.540. The van der Waals surface area contributed by atoms with Gasteiger partial charge in [-0.15, -0.1) is 0 Å². The standard InChI is InChI=1S/C7H10N/c1-2-7-3-5-8(4-1)6-7/h1,7H,2-3,5-6H2. The van der Waals surface area contributed by atoms with Crippen LogP contribution in [0.25, 0.3) is 0 Å². The van der Waals surface area contributed by atoms with Gasteiger partial charge in [0.2, 0.25) is 0 Å². The first-order chi connectivity index (χ1) is 3.95. The van der Waals surface area contributed by atoms with Gasteiger partial charge in [-0.05, 0) is 18.8 Å². The maximum absolute atomic E-state index is 3.22. The number of hydrogen-bond acceptors (Lipinski definition) is 1. The zero-order valence-electron chi connectivity index (χ0n) is 4.93. The van der Waals surface area contributed by atoms with Crippen LogP contribution in [0.2, 0.25) is 0 Å². The van der Waals surface area contributed by atoms with E-state index in [0.717, 1.165) is 5.92 Å². The van der Waals surface area contributed by atoms with Crippen LogP contribution >= 0.6 is 0 Å². The van der Waals surface area contributed by atoms with Crippen molar-refractivity contribution in [2.24, 2.45) is 5.92 Å². The van der Waals surface area contributed by atoms with E-state index in [1.165, 1.54) is 25.9 Å². The second kappa shape index (κ2) is 1.51. The highest BCUT2D eigenvalue weighted by Crippen LogP contribution is 2.23. The minimum atomic E-state index is 0.969. The molecule has 1 radical (unpaired) electrons. The number of rotatable bonds is 0. The molecule has 1 atom stereocenters. The van der Waals surface area contributed by atoms with Crippen LogP contribution in [0.3, 0.4) is 0 Å². The molecule has 0 spiro atoms. The fourth-order valence-corrected chi connectivity index (χ4v) is 1.49. The lowest BCUT2D eigenvalue weighted by atomic mass is 10.0. The molecule has 0 saturated carbocycles. The molecule has 1 saturated heterocycles. The highest BCUT2D eigenvalue weighted by Gasteiger charge is 2.21. The Hall–Kier alpha value is -0.460. The predicted molar refractivity (Wildman–Crippen MR) is 32.1 cm³/mol. The zero-order chi connectivity index (χ0) is 5.40. The fourth-order valence-electron chi connectivity index (χ4n) is 1.49. The summed E-state index contributed by atoms with van der Waals surface area (Å²) in [5, 5.41) is 0. The SMILES string of the molecule is [C]1=CCC2CCN1C2. The van der Waals surface area contributed by atoms with Crippen molar-refractivity contribution in [3.8, 4) is 0 Å². The Kier molecular flexibility index (Phi) is 0.833. The Morgan fingerprint density at radius 3 is 3.38 bits per heavy atom. The molecule has 2 aliphatic rings. The Morgan fingerprint density at radius 1 is 1.62 bits per heavy atom. The smallest absolute Gasteiger partial charge is 0.0560 e. The highest BCUT2D eigenvalue weighted by atomic mass is 15.1. The summed E-state index contributed by atoms with van der Waals surface area (Å²) < 4.78 is 0. The second-order valence-electron chi connectivity index (χ2n) is 2.67. The van der Waals surface area contributed by atoms with Gasteiger partial charge in [0.05, 0.1) is 6.20 Å². The third-order valence-electron chi connectivity index (χ3n) is 2.01. The number of nitrogens with zero attached hydrogens (tertiary/aromatic N) is 1. The summed E-state index contributed by atoms with van der Waals surface area (Å²) in [6, 6.07) is 0. The van der Waals surface area contributed by atoms with Gasteiger partial charge in [-0.3, -0.25) is 0 Å². The van der Waals surface area contributed by atoms with Crippen molar-refractivity contribution in [1.29, 1.82) is 0 Å². The molecule has 0 amide bonds. The molecular weight excluding hydrogens is 98.1 g/mol. The van der Waals surface area contributed by atoms with E-state index in [4.69, 9.17) is 0 Å². The van der Waals surface area contributed by atoms with Crippen LogP contribution in [0.4, 0.5) is 0 Å². The lowest BCUT2D eigenvalue weighted by Crippen LogP contribution is -2.16. The Bertz CT molecular complexity index is 118. The average molecular weight is 108 g/mol. The van der Waals surface area contributed by atoms with Crippen molar-refractivity contribution in [2.75, 3.05) is 13.1 Å². The van der Waals surface area contributed by atoms with E-state index >= 15 is 0 Å². The molecular formula is C7H10N. The van der Waals surface area contributed by atoms with Gasteiger partial charge in [0.15, 0.2) is 0 Å². The summed E-state index contributed by atoms with van der Waals surface area (Å²) in [6.45, 7) is 2.53. The molecule has 8 heavy (non-hydrogen) atoms. The Morgan fingerprint density at radius 2 is 2.62 bits per heavy atom. The molecule has 0 N–H and O–H groups in total. The number of allylic oxidation sites excluding steroid dienone is 1. The average Bonchev–Trinajstić information content (AvgIpc) is 2.12. The van der Waals surface area contributed by atoms with Crippen molar-refractivity contribution in [3.63, 3.8) is 0 Å². The van der Waals surface area contributed by atoms with Gasteiger partial charge in [-0.2, -0.15) is 0 Å². The zero-order valence-corrected chi connectivity index (χ0v) is 4.93. The van der Waals surface area contributed by atoms with Gasteiger partial charge in [0.25, 0.3) is 0 Å². The lowest BCUT2D eigenvalue weighted by molar-refractivity contribution is 0.399. The van der Waals surface area contributed by atoms with Crippen molar-refractivity contribution in [1.82, 2.24) is 4.90 Å². The maximum atomic E-state index is 3.22. The van der Waals surface area contributed by atoms with Crippen LogP contribution in [0.5, 0.6) is 0 Å². The number of fused-ring (bicyclic) bond motifs is 2. The summed E-state index contributed by atoms with van der Waals surface area (Å²) in [5.41, 5.74) is 0. The van der Waals surface area contributed by atoms with Crippen molar-refractivity contribution in [2.45, 2.75) is 12.8 Å². The normalized spacial score (nSPS) is 34.0. The van der Waals surface area contributed by atoms with Crippen molar-refractivity contribution >= 4 is 0 Å². The van der Waals surface area contributed by atoms with Crippen LogP contribution in [0.15, 0.2) is 6.08 Å². The minimum absolute atomic E-state index is 0.969. The van der Waals surface area contributed by atoms with E-state index in [2.05, 4.69) is 17.2 Å². The lowest BCUT2D eigenvalue weighted by Gasteiger charge is -2.15. The number of hydrogen-bond donors (Lipinski definition) is 0. The Balaban J connectivity index is 2.17. The molecule has 1 nitrogen and oxygen atoms in total. The molecule has 0 aliphatic carbocycles. The fraction of sp³-hybridized carbons (Fsp3) is 0.714. The molecule has 1 heteroatoms. The van der Waals surface area contributed by atoms with Crippen molar-refractivity contribution in [3.05, 3.63) is 12.3 Å². The third-order valence-corrected chi connectivity index (χ3v) is 2.01. The molecule has 1 unspecified atom stereocenters. The van der Waals surface area contributed by atoms with Gasteiger partial charge < -0.3 is 4.90 Å². The van der Waals surface area contributed by atoms with Gasteiger partial charge in [-0.25, -0.2) is 0 Å². The monoisotopic (exact) mass is 108 g/mol. The highest BCUT2D eigenvalue weighted by molar-refractivity contribution is 4.91. The quantitative estimate of drug-likeness (QED) is 0.448. The van der Waals surface area contributed by atoms with Gasteiger partial charge in [0.1, 0.15) is 0 Å². The van der Waals surface area contributed by atoms with Crippen LogP contribution in [-0.4, -0.2) is 18.0 Å². The van der Waals surface area contributed by atoms with Crippen LogP contribution in [0.1, 0.15) is 12.8 Å². The van der Waals surface area contributed by atoms with E-state index in [1.54, 1.807) is 0 Å². The molecule has 2 heterocycles. The molecule has 2 rings (SSSR count). The molecule has 1 fully saturated rings. The van der Waals surface area contributed by atoms with E-state index in [1.807, 2.05) is 0 Å². The Labute approximate surface area is 50.0 Å². The van der Waals surface area contributed by atoms with Crippen molar-refractivity contribution < 1.29 is 0 Å². The molecule has 0 aromatic heterocycles. The van der Waals surface area contributed by atoms with E-state index in [9.17, 15) is 0 Å². The van der Waals surface area contributed by atoms with Crippen LogP contribution in [-0.2, 0) is 0 Å². The summed E-state index contributed by atoms with van der Waals surface area (Å²) in [6.07, 6.45) is 8.05. The first kappa shape index (κ1) is 4.42. The van der Waals surface area contributed by atoms with Crippen LogP contribution in [0, 0.1) is 12.1 Å². The first-order valence-electron chi connectivity index (χ1n) is 3.28. The van der Waals surface area contributed by atoms with Gasteiger partial charge >= 0.3 is 0 Å². The molecule has 2 bridgehead atoms. The van der Waals surface area contributed by atoms with Crippen LogP contribution < -0.4 is 0 Å². The molecule has 43 valence electrons. The molecule has 0 aromatic carbocycles. The molecule has 0 aromatic rings. The largest absolute Gasteiger partial charge is 0.370 e. The maximum Gasteiger partial charge on any atom is 0.0560 e. The predicted octanol–water partition coefficient (Wildman–Crippen LogP) is 1.03.